The number of aliphatic carboxylic acids is 2. The van der Waals surface area contributed by atoms with E-state index in [1.54, 1.807) is 0 Å². The molecule has 1 aliphatic rings. The van der Waals surface area contributed by atoms with Crippen LogP contribution in [-0.2, 0) is 9.59 Å². The van der Waals surface area contributed by atoms with Crippen molar-refractivity contribution in [2.45, 2.75) is 25.7 Å². The van der Waals surface area contributed by atoms with Gasteiger partial charge < -0.3 is 10.2 Å². The van der Waals surface area contributed by atoms with Crippen LogP contribution in [0.3, 0.4) is 0 Å². The van der Waals surface area contributed by atoms with Gasteiger partial charge in [0, 0.05) is 12.8 Å². The van der Waals surface area contributed by atoms with Crippen molar-refractivity contribution in [1.82, 2.24) is 0 Å². The van der Waals surface area contributed by atoms with E-state index >= 15 is 0 Å². The third kappa shape index (κ3) is 3.20. The Morgan fingerprint density at radius 2 is 1.36 bits per heavy atom. The Bertz CT molecular complexity index is 231. The summed E-state index contributed by atoms with van der Waals surface area (Å²) in [7, 11) is 0. The maximum absolute atomic E-state index is 10.5. The number of carboxylic acids is 2. The molecule has 4 heteroatoms. The van der Waals surface area contributed by atoms with E-state index in [9.17, 15) is 9.59 Å². The van der Waals surface area contributed by atoms with Crippen LogP contribution in [0.25, 0.3) is 0 Å². The lowest BCUT2D eigenvalue weighted by molar-refractivity contribution is -0.142. The van der Waals surface area contributed by atoms with E-state index in [1.807, 2.05) is 12.2 Å². The van der Waals surface area contributed by atoms with E-state index in [1.165, 1.54) is 0 Å². The fourth-order valence-corrected chi connectivity index (χ4v) is 1.88. The molecule has 0 saturated heterocycles. The second kappa shape index (κ2) is 4.79. The fraction of sp³-hybridized carbons (Fsp3) is 0.600. The van der Waals surface area contributed by atoms with Crippen molar-refractivity contribution in [2.24, 2.45) is 11.8 Å². The molecule has 1 aliphatic carbocycles. The first-order valence-corrected chi connectivity index (χ1v) is 4.68. The van der Waals surface area contributed by atoms with Crippen molar-refractivity contribution in [3.63, 3.8) is 0 Å². The topological polar surface area (TPSA) is 74.6 Å². The molecule has 0 fully saturated rings. The molecule has 0 bridgehead atoms. The molecule has 0 heterocycles. The summed E-state index contributed by atoms with van der Waals surface area (Å²) >= 11 is 0. The zero-order valence-corrected chi connectivity index (χ0v) is 7.85. The average molecular weight is 198 g/mol. The Labute approximate surface area is 82.2 Å². The number of rotatable bonds is 4. The Morgan fingerprint density at radius 1 is 1.00 bits per heavy atom. The normalized spacial score (nSPS) is 26.0. The molecule has 2 N–H and O–H groups in total. The lowest BCUT2D eigenvalue weighted by Gasteiger charge is -2.25. The molecule has 78 valence electrons. The van der Waals surface area contributed by atoms with Crippen molar-refractivity contribution in [2.75, 3.05) is 0 Å². The van der Waals surface area contributed by atoms with Gasteiger partial charge in [0.05, 0.1) is 0 Å². The first kappa shape index (κ1) is 10.8. The highest BCUT2D eigenvalue weighted by molar-refractivity contribution is 5.68. The fourth-order valence-electron chi connectivity index (χ4n) is 1.88. The van der Waals surface area contributed by atoms with Crippen LogP contribution >= 0.6 is 0 Å². The van der Waals surface area contributed by atoms with Crippen LogP contribution in [0.1, 0.15) is 25.7 Å². The standard InChI is InChI=1S/C10H14O4/c11-9(12)5-7-3-1-2-4-8(7)6-10(13)14/h1-2,7-8H,3-6H2,(H,11,12)(H,13,14). The van der Waals surface area contributed by atoms with Gasteiger partial charge in [0.25, 0.3) is 0 Å². The summed E-state index contributed by atoms with van der Waals surface area (Å²) < 4.78 is 0. The van der Waals surface area contributed by atoms with Crippen LogP contribution < -0.4 is 0 Å². The molecular weight excluding hydrogens is 184 g/mol. The predicted octanol–water partition coefficient (Wildman–Crippen LogP) is 1.52. The van der Waals surface area contributed by atoms with Gasteiger partial charge in [0.2, 0.25) is 0 Å². The van der Waals surface area contributed by atoms with Gasteiger partial charge in [-0.25, -0.2) is 0 Å². The summed E-state index contributed by atoms with van der Waals surface area (Å²) in [6, 6.07) is 0. The highest BCUT2D eigenvalue weighted by atomic mass is 16.4. The summed E-state index contributed by atoms with van der Waals surface area (Å²) in [6.45, 7) is 0. The summed E-state index contributed by atoms with van der Waals surface area (Å²) in [6.07, 6.45) is 5.39. The van der Waals surface area contributed by atoms with Crippen molar-refractivity contribution >= 4 is 11.9 Å². The van der Waals surface area contributed by atoms with Crippen molar-refractivity contribution in [3.8, 4) is 0 Å². The van der Waals surface area contributed by atoms with E-state index in [0.29, 0.717) is 12.8 Å². The maximum atomic E-state index is 10.5. The quantitative estimate of drug-likeness (QED) is 0.671. The van der Waals surface area contributed by atoms with E-state index in [4.69, 9.17) is 10.2 Å². The number of allylic oxidation sites excluding steroid dienone is 2. The Morgan fingerprint density at radius 3 is 1.64 bits per heavy atom. The van der Waals surface area contributed by atoms with Crippen LogP contribution in [0.2, 0.25) is 0 Å². The molecule has 4 nitrogen and oxygen atoms in total. The highest BCUT2D eigenvalue weighted by Crippen LogP contribution is 2.30. The van der Waals surface area contributed by atoms with E-state index in [-0.39, 0.29) is 24.7 Å². The number of carboxylic acid groups (broad SMARTS) is 2. The van der Waals surface area contributed by atoms with Gasteiger partial charge in [-0.05, 0) is 24.7 Å². The molecule has 1 rings (SSSR count). The van der Waals surface area contributed by atoms with Crippen molar-refractivity contribution in [3.05, 3.63) is 12.2 Å². The van der Waals surface area contributed by atoms with Crippen LogP contribution in [0, 0.1) is 11.8 Å². The number of hydrogen-bond donors (Lipinski definition) is 2. The minimum atomic E-state index is -0.847. The zero-order valence-electron chi connectivity index (χ0n) is 7.85. The van der Waals surface area contributed by atoms with E-state index in [0.717, 1.165) is 0 Å². The summed E-state index contributed by atoms with van der Waals surface area (Å²) in [5, 5.41) is 17.3. The molecule has 2 atom stereocenters. The van der Waals surface area contributed by atoms with E-state index in [2.05, 4.69) is 0 Å². The van der Waals surface area contributed by atoms with Crippen LogP contribution in [0.5, 0.6) is 0 Å². The second-order valence-corrected chi connectivity index (χ2v) is 3.66. The third-order valence-corrected chi connectivity index (χ3v) is 2.58. The minimum Gasteiger partial charge on any atom is -0.481 e. The molecule has 2 unspecified atom stereocenters. The van der Waals surface area contributed by atoms with E-state index < -0.39 is 11.9 Å². The monoisotopic (exact) mass is 198 g/mol. The molecule has 0 aromatic heterocycles. The smallest absolute Gasteiger partial charge is 0.303 e. The minimum absolute atomic E-state index is 0.0198. The van der Waals surface area contributed by atoms with Crippen LogP contribution in [0.4, 0.5) is 0 Å². The molecule has 0 spiro atoms. The summed E-state index contributed by atoms with van der Waals surface area (Å²) in [4.78, 5) is 21.1. The molecule has 0 aromatic rings. The molecule has 0 saturated carbocycles. The summed E-state index contributed by atoms with van der Waals surface area (Å²) in [5.74, 6) is -1.73. The predicted molar refractivity (Wildman–Crippen MR) is 49.9 cm³/mol. The molecule has 14 heavy (non-hydrogen) atoms. The Hall–Kier alpha value is -1.32. The molecular formula is C10H14O4. The largest absolute Gasteiger partial charge is 0.481 e. The average Bonchev–Trinajstić information content (AvgIpc) is 2.06. The Kier molecular flexibility index (Phi) is 3.68. The summed E-state index contributed by atoms with van der Waals surface area (Å²) in [5.41, 5.74) is 0. The van der Waals surface area contributed by atoms with Gasteiger partial charge in [-0.15, -0.1) is 0 Å². The zero-order chi connectivity index (χ0) is 10.6. The Balaban J connectivity index is 2.55. The lowest BCUT2D eigenvalue weighted by Crippen LogP contribution is -2.22. The maximum Gasteiger partial charge on any atom is 0.303 e. The van der Waals surface area contributed by atoms with Crippen molar-refractivity contribution < 1.29 is 19.8 Å². The van der Waals surface area contributed by atoms with Crippen molar-refractivity contribution in [1.29, 1.82) is 0 Å². The SMILES string of the molecule is O=C(O)CC1CC=CCC1CC(=O)O. The molecule has 0 aliphatic heterocycles. The van der Waals surface area contributed by atoms with Gasteiger partial charge in [0.15, 0.2) is 0 Å². The van der Waals surface area contributed by atoms with Gasteiger partial charge in [-0.1, -0.05) is 12.2 Å². The number of carbonyl (C=O) groups is 2. The van der Waals surface area contributed by atoms with Gasteiger partial charge in [-0.3, -0.25) is 9.59 Å². The second-order valence-electron chi connectivity index (χ2n) is 3.66. The van der Waals surface area contributed by atoms with Crippen LogP contribution in [0.15, 0.2) is 12.2 Å². The lowest BCUT2D eigenvalue weighted by atomic mass is 9.79. The highest BCUT2D eigenvalue weighted by Gasteiger charge is 2.26. The number of hydrogen-bond acceptors (Lipinski definition) is 2. The van der Waals surface area contributed by atoms with Gasteiger partial charge in [-0.2, -0.15) is 0 Å². The molecule has 0 amide bonds. The van der Waals surface area contributed by atoms with Crippen LogP contribution in [-0.4, -0.2) is 22.2 Å². The first-order chi connectivity index (χ1) is 6.59. The van der Waals surface area contributed by atoms with Gasteiger partial charge in [0.1, 0.15) is 0 Å². The molecule has 0 radical (unpaired) electrons. The molecule has 0 aromatic carbocycles. The van der Waals surface area contributed by atoms with Gasteiger partial charge >= 0.3 is 11.9 Å². The third-order valence-electron chi connectivity index (χ3n) is 2.58. The first-order valence-electron chi connectivity index (χ1n) is 4.68.